The number of hydrogen-bond acceptors (Lipinski definition) is 3. The summed E-state index contributed by atoms with van der Waals surface area (Å²) < 4.78 is 0. The zero-order valence-corrected chi connectivity index (χ0v) is 13.8. The van der Waals surface area contributed by atoms with Crippen LogP contribution in [-0.2, 0) is 4.79 Å². The molecule has 0 radical (unpaired) electrons. The molecule has 1 aromatic rings. The van der Waals surface area contributed by atoms with E-state index < -0.39 is 0 Å². The van der Waals surface area contributed by atoms with Crippen LogP contribution in [0.15, 0.2) is 29.3 Å². The number of rotatable bonds is 4. The number of guanidine groups is 1. The first-order chi connectivity index (χ1) is 11.1. The van der Waals surface area contributed by atoms with Gasteiger partial charge in [-0.05, 0) is 37.1 Å². The number of nitrogens with one attached hydrogen (secondary N) is 1. The minimum absolute atomic E-state index is 0.0461. The second kappa shape index (κ2) is 7.08. The predicted molar refractivity (Wildman–Crippen MR) is 92.9 cm³/mol. The van der Waals surface area contributed by atoms with Crippen LogP contribution in [0.5, 0.6) is 0 Å². The normalized spacial score (nSPS) is 18.9. The Morgan fingerprint density at radius 1 is 1.22 bits per heavy atom. The van der Waals surface area contributed by atoms with Gasteiger partial charge in [0.05, 0.1) is 0 Å². The minimum Gasteiger partial charge on any atom is -0.370 e. The van der Waals surface area contributed by atoms with Crippen molar-refractivity contribution >= 4 is 29.2 Å². The van der Waals surface area contributed by atoms with Gasteiger partial charge in [-0.1, -0.05) is 11.6 Å². The van der Waals surface area contributed by atoms with Crippen LogP contribution in [-0.4, -0.2) is 55.5 Å². The van der Waals surface area contributed by atoms with Crippen LogP contribution >= 0.6 is 11.6 Å². The highest BCUT2D eigenvalue weighted by Gasteiger charge is 2.23. The van der Waals surface area contributed by atoms with Gasteiger partial charge in [0, 0.05) is 42.9 Å². The molecule has 1 heterocycles. The standard InChI is InChI=1S/C16H22ClN5O/c17-12-1-5-14(6-2-12)21-7-9-22(10-8-21)16(18)19-11-15(23)20-13-3-4-13/h1-2,5-6,13H,3-4,7-11H2,(H2,18,19)(H,20,23). The molecule has 124 valence electrons. The van der Waals surface area contributed by atoms with Crippen LogP contribution in [0.25, 0.3) is 0 Å². The van der Waals surface area contributed by atoms with E-state index in [1.54, 1.807) is 0 Å². The van der Waals surface area contributed by atoms with Crippen LogP contribution in [0, 0.1) is 0 Å². The smallest absolute Gasteiger partial charge is 0.242 e. The summed E-state index contributed by atoms with van der Waals surface area (Å²) in [5.41, 5.74) is 7.17. The number of aliphatic imine (C=N–C) groups is 1. The third-order valence-corrected chi connectivity index (χ3v) is 4.37. The molecule has 23 heavy (non-hydrogen) atoms. The summed E-state index contributed by atoms with van der Waals surface area (Å²) in [5.74, 6) is 0.405. The molecule has 0 atom stereocenters. The molecule has 1 amide bonds. The van der Waals surface area contributed by atoms with Crippen molar-refractivity contribution in [2.75, 3.05) is 37.6 Å². The van der Waals surface area contributed by atoms with Gasteiger partial charge in [-0.25, -0.2) is 4.99 Å². The Bertz CT molecular complexity index is 577. The van der Waals surface area contributed by atoms with Crippen molar-refractivity contribution in [1.82, 2.24) is 10.2 Å². The molecule has 1 aliphatic heterocycles. The highest BCUT2D eigenvalue weighted by atomic mass is 35.5. The quantitative estimate of drug-likeness (QED) is 0.637. The molecule has 0 bridgehead atoms. The first-order valence-corrected chi connectivity index (χ1v) is 8.34. The number of carbonyl (C=O) groups is 1. The van der Waals surface area contributed by atoms with Crippen LogP contribution in [0.2, 0.25) is 5.02 Å². The maximum Gasteiger partial charge on any atom is 0.242 e. The molecule has 0 aromatic heterocycles. The molecule has 3 rings (SSSR count). The Kier molecular flexibility index (Phi) is 4.91. The van der Waals surface area contributed by atoms with Gasteiger partial charge in [0.1, 0.15) is 6.54 Å². The highest BCUT2D eigenvalue weighted by Crippen LogP contribution is 2.19. The second-order valence-corrected chi connectivity index (χ2v) is 6.40. The molecule has 0 unspecified atom stereocenters. The van der Waals surface area contributed by atoms with Gasteiger partial charge in [-0.2, -0.15) is 0 Å². The molecule has 1 aromatic carbocycles. The van der Waals surface area contributed by atoms with Crippen molar-refractivity contribution in [3.63, 3.8) is 0 Å². The number of benzene rings is 1. The average molecular weight is 336 g/mol. The van der Waals surface area contributed by atoms with Crippen LogP contribution in [0.4, 0.5) is 5.69 Å². The van der Waals surface area contributed by atoms with E-state index in [9.17, 15) is 4.79 Å². The van der Waals surface area contributed by atoms with Crippen molar-refractivity contribution in [2.45, 2.75) is 18.9 Å². The number of halogens is 1. The predicted octanol–water partition coefficient (Wildman–Crippen LogP) is 1.06. The SMILES string of the molecule is NC(=NCC(=O)NC1CC1)N1CCN(c2ccc(Cl)cc2)CC1. The summed E-state index contributed by atoms with van der Waals surface area (Å²) in [6, 6.07) is 8.21. The number of hydrogen-bond donors (Lipinski definition) is 2. The van der Waals surface area contributed by atoms with Gasteiger partial charge in [-0.3, -0.25) is 4.79 Å². The van der Waals surface area contributed by atoms with Crippen molar-refractivity contribution < 1.29 is 4.79 Å². The van der Waals surface area contributed by atoms with Crippen molar-refractivity contribution in [3.8, 4) is 0 Å². The Morgan fingerprint density at radius 2 is 1.87 bits per heavy atom. The monoisotopic (exact) mass is 335 g/mol. The molecule has 2 aliphatic rings. The topological polar surface area (TPSA) is 74.0 Å². The molecule has 1 saturated heterocycles. The lowest BCUT2D eigenvalue weighted by Gasteiger charge is -2.36. The summed E-state index contributed by atoms with van der Waals surface area (Å²) in [6.45, 7) is 3.43. The molecular formula is C16H22ClN5O. The summed E-state index contributed by atoms with van der Waals surface area (Å²) in [7, 11) is 0. The van der Waals surface area contributed by atoms with E-state index in [0.717, 1.165) is 49.7 Å². The maximum atomic E-state index is 11.6. The molecule has 1 aliphatic carbocycles. The lowest BCUT2D eigenvalue weighted by Crippen LogP contribution is -2.51. The lowest BCUT2D eigenvalue weighted by molar-refractivity contribution is -0.119. The van der Waals surface area contributed by atoms with Gasteiger partial charge in [0.25, 0.3) is 0 Å². The Balaban J connectivity index is 1.47. The first kappa shape index (κ1) is 15.9. The average Bonchev–Trinajstić information content (AvgIpc) is 3.37. The van der Waals surface area contributed by atoms with Crippen molar-refractivity contribution in [1.29, 1.82) is 0 Å². The third-order valence-electron chi connectivity index (χ3n) is 4.12. The second-order valence-electron chi connectivity index (χ2n) is 5.97. The molecular weight excluding hydrogens is 314 g/mol. The Hall–Kier alpha value is -1.95. The van der Waals surface area contributed by atoms with E-state index in [0.29, 0.717) is 12.0 Å². The third kappa shape index (κ3) is 4.51. The summed E-state index contributed by atoms with van der Waals surface area (Å²) in [6.07, 6.45) is 2.16. The zero-order chi connectivity index (χ0) is 16.2. The van der Waals surface area contributed by atoms with Crippen LogP contribution in [0.3, 0.4) is 0 Å². The fourth-order valence-corrected chi connectivity index (χ4v) is 2.73. The number of anilines is 1. The zero-order valence-electron chi connectivity index (χ0n) is 13.0. The molecule has 6 nitrogen and oxygen atoms in total. The molecule has 7 heteroatoms. The van der Waals surface area contributed by atoms with Gasteiger partial charge < -0.3 is 20.9 Å². The summed E-state index contributed by atoms with van der Waals surface area (Å²) >= 11 is 5.92. The van der Waals surface area contributed by atoms with Crippen LogP contribution in [0.1, 0.15) is 12.8 Å². The number of nitrogens with zero attached hydrogens (tertiary/aromatic N) is 3. The van der Waals surface area contributed by atoms with E-state index >= 15 is 0 Å². The summed E-state index contributed by atoms with van der Waals surface area (Å²) in [4.78, 5) is 20.2. The van der Waals surface area contributed by atoms with E-state index in [1.807, 2.05) is 29.2 Å². The number of amides is 1. The Morgan fingerprint density at radius 3 is 2.48 bits per heavy atom. The number of piperazine rings is 1. The van der Waals surface area contributed by atoms with E-state index in [1.165, 1.54) is 0 Å². The number of nitrogens with two attached hydrogens (primary N) is 1. The molecule has 2 fully saturated rings. The fraction of sp³-hybridized carbons (Fsp3) is 0.500. The van der Waals surface area contributed by atoms with Gasteiger partial charge in [0.15, 0.2) is 5.96 Å². The van der Waals surface area contributed by atoms with E-state index in [4.69, 9.17) is 17.3 Å². The van der Waals surface area contributed by atoms with E-state index in [-0.39, 0.29) is 12.5 Å². The van der Waals surface area contributed by atoms with Gasteiger partial charge >= 0.3 is 0 Å². The Labute approximate surface area is 141 Å². The molecule has 0 spiro atoms. The highest BCUT2D eigenvalue weighted by molar-refractivity contribution is 6.30. The van der Waals surface area contributed by atoms with Crippen molar-refractivity contribution in [2.24, 2.45) is 10.7 Å². The fourth-order valence-electron chi connectivity index (χ4n) is 2.60. The largest absolute Gasteiger partial charge is 0.370 e. The summed E-state index contributed by atoms with van der Waals surface area (Å²) in [5, 5.41) is 3.65. The first-order valence-electron chi connectivity index (χ1n) is 7.96. The van der Waals surface area contributed by atoms with Gasteiger partial charge in [-0.15, -0.1) is 0 Å². The minimum atomic E-state index is -0.0461. The van der Waals surface area contributed by atoms with Crippen LogP contribution < -0.4 is 16.0 Å². The molecule has 3 N–H and O–H groups in total. The van der Waals surface area contributed by atoms with E-state index in [2.05, 4.69) is 15.2 Å². The number of carbonyl (C=O) groups excluding carboxylic acids is 1. The van der Waals surface area contributed by atoms with Gasteiger partial charge in [0.2, 0.25) is 5.91 Å². The van der Waals surface area contributed by atoms with Crippen molar-refractivity contribution in [3.05, 3.63) is 29.3 Å². The lowest BCUT2D eigenvalue weighted by atomic mass is 10.2. The maximum absolute atomic E-state index is 11.6. The molecule has 1 saturated carbocycles.